The largest absolute Gasteiger partial charge is 0.366 e. The number of nitrogens with one attached hydrogen (secondary N) is 1. The van der Waals surface area contributed by atoms with Crippen LogP contribution in [0.5, 0.6) is 0 Å². The van der Waals surface area contributed by atoms with Gasteiger partial charge in [0.15, 0.2) is 0 Å². The summed E-state index contributed by atoms with van der Waals surface area (Å²) in [5.74, 6) is 1.11. The maximum Gasteiger partial charge on any atom is 0.241 e. The Balaban J connectivity index is 2.06. The van der Waals surface area contributed by atoms with Crippen LogP contribution < -0.4 is 11.1 Å². The van der Waals surface area contributed by atoms with Crippen molar-refractivity contribution in [1.82, 2.24) is 14.8 Å². The minimum Gasteiger partial charge on any atom is -0.366 e. The first-order chi connectivity index (χ1) is 7.34. The van der Waals surface area contributed by atoms with E-state index in [1.807, 2.05) is 4.68 Å². The summed E-state index contributed by atoms with van der Waals surface area (Å²) in [6.45, 7) is 0.915. The van der Waals surface area contributed by atoms with Crippen LogP contribution in [0.1, 0.15) is 18.0 Å². The average Bonchev–Trinajstić information content (AvgIpc) is 2.82. The number of rotatable bonds is 1. The van der Waals surface area contributed by atoms with Gasteiger partial charge in [0.05, 0.1) is 6.04 Å². The molecule has 1 atom stereocenters. The van der Waals surface area contributed by atoms with Crippen molar-refractivity contribution in [1.29, 1.82) is 0 Å². The van der Waals surface area contributed by atoms with Crippen LogP contribution in [-0.4, -0.2) is 21.3 Å². The van der Waals surface area contributed by atoms with Gasteiger partial charge in [0, 0.05) is 6.54 Å². The minimum absolute atomic E-state index is 0.275. The molecule has 1 aliphatic rings. The Morgan fingerprint density at radius 1 is 1.60 bits per heavy atom. The van der Waals surface area contributed by atoms with E-state index >= 15 is 0 Å². The quantitative estimate of drug-likeness (QED) is 0.762. The Morgan fingerprint density at radius 2 is 2.53 bits per heavy atom. The monoisotopic (exact) mass is 221 g/mol. The fourth-order valence-electron chi connectivity index (χ4n) is 1.89. The van der Waals surface area contributed by atoms with Gasteiger partial charge in [0.1, 0.15) is 0 Å². The summed E-state index contributed by atoms with van der Waals surface area (Å²) in [5, 5.41) is 11.6. The number of hydrogen-bond acceptors (Lipinski definition) is 5. The fraction of sp³-hybridized carbons (Fsp3) is 0.333. The summed E-state index contributed by atoms with van der Waals surface area (Å²) in [7, 11) is 0. The Kier molecular flexibility index (Phi) is 1.88. The number of nitrogens with zero attached hydrogens (tertiary/aromatic N) is 3. The zero-order chi connectivity index (χ0) is 10.3. The summed E-state index contributed by atoms with van der Waals surface area (Å²) in [6, 6.07) is 2.40. The summed E-state index contributed by atoms with van der Waals surface area (Å²) in [4.78, 5) is 4.13. The normalized spacial score (nSPS) is 19.6. The Labute approximate surface area is 90.9 Å². The molecule has 0 amide bonds. The average molecular weight is 221 g/mol. The lowest BCUT2D eigenvalue weighted by molar-refractivity contribution is 0.482. The van der Waals surface area contributed by atoms with Gasteiger partial charge >= 0.3 is 0 Å². The molecule has 0 fully saturated rings. The number of thiophene rings is 1. The second-order valence-electron chi connectivity index (χ2n) is 3.53. The van der Waals surface area contributed by atoms with Crippen LogP contribution in [0.3, 0.4) is 0 Å². The van der Waals surface area contributed by atoms with Crippen molar-refractivity contribution < 1.29 is 0 Å². The molecule has 6 heteroatoms. The molecule has 15 heavy (non-hydrogen) atoms. The molecule has 2 aromatic rings. The van der Waals surface area contributed by atoms with E-state index in [4.69, 9.17) is 5.73 Å². The number of anilines is 2. The smallest absolute Gasteiger partial charge is 0.241 e. The lowest BCUT2D eigenvalue weighted by Gasteiger charge is -2.23. The highest BCUT2D eigenvalue weighted by atomic mass is 32.1. The second-order valence-corrected chi connectivity index (χ2v) is 4.31. The molecule has 1 aliphatic heterocycles. The molecule has 0 bridgehead atoms. The van der Waals surface area contributed by atoms with E-state index in [9.17, 15) is 0 Å². The predicted octanol–water partition coefficient (Wildman–Crippen LogP) is 1.33. The SMILES string of the molecule is Nc1nc2n(n1)C(c1ccsc1)CCN2. The van der Waals surface area contributed by atoms with E-state index in [0.717, 1.165) is 18.9 Å². The van der Waals surface area contributed by atoms with Crippen molar-refractivity contribution in [2.45, 2.75) is 12.5 Å². The maximum absolute atomic E-state index is 5.59. The maximum atomic E-state index is 5.59. The lowest BCUT2D eigenvalue weighted by atomic mass is 10.1. The van der Waals surface area contributed by atoms with Crippen molar-refractivity contribution in [3.8, 4) is 0 Å². The zero-order valence-corrected chi connectivity index (χ0v) is 8.87. The molecule has 0 saturated carbocycles. The van der Waals surface area contributed by atoms with E-state index in [-0.39, 0.29) is 6.04 Å². The van der Waals surface area contributed by atoms with Crippen LogP contribution in [-0.2, 0) is 0 Å². The molecular formula is C9H11N5S. The van der Waals surface area contributed by atoms with Gasteiger partial charge in [-0.15, -0.1) is 5.10 Å². The molecule has 0 aromatic carbocycles. The Bertz CT molecular complexity index is 461. The van der Waals surface area contributed by atoms with E-state index in [2.05, 4.69) is 32.2 Å². The van der Waals surface area contributed by atoms with E-state index < -0.39 is 0 Å². The summed E-state index contributed by atoms with van der Waals surface area (Å²) >= 11 is 1.70. The third-order valence-corrected chi connectivity index (χ3v) is 3.27. The summed E-state index contributed by atoms with van der Waals surface area (Å²) in [5.41, 5.74) is 6.88. The van der Waals surface area contributed by atoms with Gasteiger partial charge in [-0.1, -0.05) is 0 Å². The molecule has 3 heterocycles. The second kappa shape index (κ2) is 3.23. The van der Waals surface area contributed by atoms with E-state index in [1.165, 1.54) is 5.56 Å². The van der Waals surface area contributed by atoms with Crippen LogP contribution in [0.25, 0.3) is 0 Å². The number of fused-ring (bicyclic) bond motifs is 1. The van der Waals surface area contributed by atoms with Crippen molar-refractivity contribution in [3.63, 3.8) is 0 Å². The van der Waals surface area contributed by atoms with Gasteiger partial charge < -0.3 is 11.1 Å². The zero-order valence-electron chi connectivity index (χ0n) is 8.05. The van der Waals surface area contributed by atoms with Gasteiger partial charge in [-0.25, -0.2) is 4.68 Å². The molecule has 2 aromatic heterocycles. The van der Waals surface area contributed by atoms with Crippen LogP contribution in [0, 0.1) is 0 Å². The van der Waals surface area contributed by atoms with Crippen LogP contribution >= 0.6 is 11.3 Å². The molecule has 3 rings (SSSR count). The fourth-order valence-corrected chi connectivity index (χ4v) is 2.60. The van der Waals surface area contributed by atoms with Gasteiger partial charge in [-0.05, 0) is 28.8 Å². The third-order valence-electron chi connectivity index (χ3n) is 2.57. The highest BCUT2D eigenvalue weighted by Gasteiger charge is 2.23. The third kappa shape index (κ3) is 1.37. The summed E-state index contributed by atoms with van der Waals surface area (Å²) < 4.78 is 1.88. The van der Waals surface area contributed by atoms with Crippen molar-refractivity contribution in [3.05, 3.63) is 22.4 Å². The number of nitrogen functional groups attached to an aromatic ring is 1. The molecule has 78 valence electrons. The molecule has 1 unspecified atom stereocenters. The Morgan fingerprint density at radius 3 is 3.33 bits per heavy atom. The van der Waals surface area contributed by atoms with Crippen molar-refractivity contribution >= 4 is 23.2 Å². The van der Waals surface area contributed by atoms with E-state index in [0.29, 0.717) is 5.95 Å². The van der Waals surface area contributed by atoms with Crippen LogP contribution in [0.2, 0.25) is 0 Å². The standard InChI is InChI=1S/C9H11N5S/c10-8-12-9-11-3-1-7(14(9)13-8)6-2-4-15-5-6/h2,4-5,7H,1,3H2,(H3,10,11,12,13). The first-order valence-electron chi connectivity index (χ1n) is 4.82. The topological polar surface area (TPSA) is 68.8 Å². The lowest BCUT2D eigenvalue weighted by Crippen LogP contribution is -2.24. The molecule has 5 nitrogen and oxygen atoms in total. The number of aromatic nitrogens is 3. The van der Waals surface area contributed by atoms with Crippen molar-refractivity contribution in [2.75, 3.05) is 17.6 Å². The minimum atomic E-state index is 0.275. The number of nitrogens with two attached hydrogens (primary N) is 1. The first-order valence-corrected chi connectivity index (χ1v) is 5.77. The molecule has 0 radical (unpaired) electrons. The highest BCUT2D eigenvalue weighted by molar-refractivity contribution is 7.07. The molecular weight excluding hydrogens is 210 g/mol. The molecule has 0 aliphatic carbocycles. The molecule has 0 saturated heterocycles. The van der Waals surface area contributed by atoms with Crippen molar-refractivity contribution in [2.24, 2.45) is 0 Å². The predicted molar refractivity (Wildman–Crippen MR) is 60.0 cm³/mol. The summed E-state index contributed by atoms with van der Waals surface area (Å²) in [6.07, 6.45) is 1.02. The molecule has 3 N–H and O–H groups in total. The van der Waals surface area contributed by atoms with Gasteiger partial charge in [0.2, 0.25) is 11.9 Å². The van der Waals surface area contributed by atoms with Gasteiger partial charge in [0.25, 0.3) is 0 Å². The van der Waals surface area contributed by atoms with E-state index in [1.54, 1.807) is 11.3 Å². The van der Waals surface area contributed by atoms with Gasteiger partial charge in [-0.3, -0.25) is 0 Å². The number of hydrogen-bond donors (Lipinski definition) is 2. The Hall–Kier alpha value is -1.56. The van der Waals surface area contributed by atoms with Crippen LogP contribution in [0.15, 0.2) is 16.8 Å². The van der Waals surface area contributed by atoms with Crippen LogP contribution in [0.4, 0.5) is 11.9 Å². The molecule has 0 spiro atoms. The first kappa shape index (κ1) is 8.72. The highest BCUT2D eigenvalue weighted by Crippen LogP contribution is 2.29. The van der Waals surface area contributed by atoms with Gasteiger partial charge in [-0.2, -0.15) is 16.3 Å².